The zero-order chi connectivity index (χ0) is 15.8. The Morgan fingerprint density at radius 3 is 3.04 bits per heavy atom. The van der Waals surface area contributed by atoms with Crippen LogP contribution in [0.5, 0.6) is 0 Å². The predicted molar refractivity (Wildman–Crippen MR) is 83.3 cm³/mol. The molecule has 0 aliphatic carbocycles. The highest BCUT2D eigenvalue weighted by atomic mass is 16.6. The van der Waals surface area contributed by atoms with E-state index in [1.54, 1.807) is 6.20 Å². The number of aromatic nitrogens is 4. The molecule has 2 atom stereocenters. The maximum Gasteiger partial charge on any atom is 0.151 e. The molecule has 0 saturated carbocycles. The van der Waals surface area contributed by atoms with Crippen molar-refractivity contribution in [2.75, 3.05) is 0 Å². The fourth-order valence-electron chi connectivity index (χ4n) is 3.23. The summed E-state index contributed by atoms with van der Waals surface area (Å²) in [6, 6.07) is 8.14. The summed E-state index contributed by atoms with van der Waals surface area (Å²) < 4.78 is 4.87. The first-order valence-electron chi connectivity index (χ1n) is 7.55. The molecule has 0 bridgehead atoms. The van der Waals surface area contributed by atoms with E-state index in [9.17, 15) is 5.26 Å². The number of hydrogen-bond donors (Lipinski definition) is 1. The van der Waals surface area contributed by atoms with Crippen LogP contribution in [0, 0.1) is 17.2 Å². The third-order valence-corrected chi connectivity index (χ3v) is 4.23. The van der Waals surface area contributed by atoms with Gasteiger partial charge in [0, 0.05) is 17.2 Å². The van der Waals surface area contributed by atoms with Crippen molar-refractivity contribution in [2.45, 2.75) is 25.7 Å². The van der Waals surface area contributed by atoms with Crippen LogP contribution in [0.4, 0.5) is 5.82 Å². The average Bonchev–Trinajstić information content (AvgIpc) is 3.22. The van der Waals surface area contributed by atoms with Crippen LogP contribution in [0.15, 0.2) is 34.0 Å². The van der Waals surface area contributed by atoms with E-state index >= 15 is 0 Å². The molecule has 1 N–H and O–H groups in total. The van der Waals surface area contributed by atoms with Gasteiger partial charge in [0.2, 0.25) is 0 Å². The van der Waals surface area contributed by atoms with E-state index in [4.69, 9.17) is 4.63 Å². The number of rotatable bonds is 3. The van der Waals surface area contributed by atoms with Crippen LogP contribution < -0.4 is 0 Å². The molecule has 0 radical (unpaired) electrons. The van der Waals surface area contributed by atoms with Crippen molar-refractivity contribution < 1.29 is 4.63 Å². The Balaban J connectivity index is 1.94. The Morgan fingerprint density at radius 1 is 1.30 bits per heavy atom. The minimum absolute atomic E-state index is 0.177. The van der Waals surface area contributed by atoms with Crippen LogP contribution in [0.2, 0.25) is 0 Å². The molecule has 23 heavy (non-hydrogen) atoms. The van der Waals surface area contributed by atoms with Gasteiger partial charge in [0.05, 0.1) is 18.2 Å². The summed E-state index contributed by atoms with van der Waals surface area (Å²) in [6.07, 6.45) is 3.45. The minimum atomic E-state index is -0.345. The molecule has 4 rings (SSSR count). The van der Waals surface area contributed by atoms with Gasteiger partial charge in [-0.05, 0) is 28.4 Å². The van der Waals surface area contributed by atoms with Crippen molar-refractivity contribution in [3.8, 4) is 6.07 Å². The zero-order valence-corrected chi connectivity index (χ0v) is 12.5. The molecule has 2 unspecified atom stereocenters. The Kier molecular flexibility index (Phi) is 3.15. The quantitative estimate of drug-likeness (QED) is 0.800. The van der Waals surface area contributed by atoms with Gasteiger partial charge >= 0.3 is 0 Å². The third-order valence-electron chi connectivity index (χ3n) is 4.23. The molecule has 3 heterocycles. The average molecular weight is 306 g/mol. The maximum absolute atomic E-state index is 9.78. The molecule has 1 aliphatic heterocycles. The van der Waals surface area contributed by atoms with Gasteiger partial charge in [-0.15, -0.1) is 0 Å². The minimum Gasteiger partial charge on any atom is -0.261 e. The molecule has 7 nitrogen and oxygen atoms in total. The summed E-state index contributed by atoms with van der Waals surface area (Å²) in [6.45, 7) is 2.08. The number of aromatic amines is 1. The molecule has 0 saturated heterocycles. The predicted octanol–water partition coefficient (Wildman–Crippen LogP) is 3.10. The second-order valence-corrected chi connectivity index (χ2v) is 5.59. The SMILES string of the molecule is CCCC1=Nc2[nH]ncc2C(c2cccc3nonc23)C1C#N. The van der Waals surface area contributed by atoms with Gasteiger partial charge in [-0.2, -0.15) is 10.4 Å². The van der Waals surface area contributed by atoms with Crippen LogP contribution in [-0.2, 0) is 0 Å². The Labute approximate surface area is 132 Å². The fraction of sp³-hybridized carbons (Fsp3) is 0.312. The van der Waals surface area contributed by atoms with Crippen LogP contribution in [-0.4, -0.2) is 26.2 Å². The van der Waals surface area contributed by atoms with E-state index in [2.05, 4.69) is 38.5 Å². The number of nitrogens with zero attached hydrogens (tertiary/aromatic N) is 5. The lowest BCUT2D eigenvalue weighted by molar-refractivity contribution is 0.315. The Hall–Kier alpha value is -3.01. The number of nitriles is 1. The first kappa shape index (κ1) is 13.6. The maximum atomic E-state index is 9.78. The van der Waals surface area contributed by atoms with Crippen molar-refractivity contribution in [1.82, 2.24) is 20.5 Å². The summed E-state index contributed by atoms with van der Waals surface area (Å²) in [5.41, 5.74) is 4.07. The second kappa shape index (κ2) is 5.32. The Bertz CT molecular complexity index is 931. The first-order valence-corrected chi connectivity index (χ1v) is 7.55. The summed E-state index contributed by atoms with van der Waals surface area (Å²) in [4.78, 5) is 4.61. The lowest BCUT2D eigenvalue weighted by Crippen LogP contribution is -2.25. The van der Waals surface area contributed by atoms with E-state index in [1.807, 2.05) is 18.2 Å². The van der Waals surface area contributed by atoms with E-state index < -0.39 is 0 Å². The molecule has 1 aromatic carbocycles. The molecule has 2 aromatic heterocycles. The van der Waals surface area contributed by atoms with Crippen molar-refractivity contribution in [3.63, 3.8) is 0 Å². The van der Waals surface area contributed by atoms with Crippen molar-refractivity contribution in [1.29, 1.82) is 5.26 Å². The van der Waals surface area contributed by atoms with E-state index in [0.717, 1.165) is 35.5 Å². The summed E-state index contributed by atoms with van der Waals surface area (Å²) >= 11 is 0. The molecule has 114 valence electrons. The molecule has 7 heteroatoms. The molecule has 3 aromatic rings. The summed E-state index contributed by atoms with van der Waals surface area (Å²) in [7, 11) is 0. The molecule has 0 amide bonds. The highest BCUT2D eigenvalue weighted by Crippen LogP contribution is 2.43. The van der Waals surface area contributed by atoms with E-state index in [1.165, 1.54) is 0 Å². The number of benzene rings is 1. The second-order valence-electron chi connectivity index (χ2n) is 5.59. The number of H-pyrrole nitrogens is 1. The Morgan fingerprint density at radius 2 is 2.22 bits per heavy atom. The lowest BCUT2D eigenvalue weighted by atomic mass is 9.76. The van der Waals surface area contributed by atoms with Gasteiger partial charge < -0.3 is 0 Å². The monoisotopic (exact) mass is 306 g/mol. The van der Waals surface area contributed by atoms with Crippen LogP contribution in [0.1, 0.15) is 36.8 Å². The van der Waals surface area contributed by atoms with Gasteiger partial charge in [-0.1, -0.05) is 25.5 Å². The number of hydrogen-bond acceptors (Lipinski definition) is 6. The first-order chi connectivity index (χ1) is 11.3. The number of nitrogens with one attached hydrogen (secondary N) is 1. The van der Waals surface area contributed by atoms with E-state index in [-0.39, 0.29) is 11.8 Å². The van der Waals surface area contributed by atoms with Gasteiger partial charge in [-0.25, -0.2) is 9.62 Å². The fourth-order valence-corrected chi connectivity index (χ4v) is 3.23. The standard InChI is InChI=1S/C16H14N6O/c1-2-4-12-10(7-17)14(11-8-18-20-16(11)19-12)9-5-3-6-13-15(9)22-23-21-13/h3,5-6,8,10,14H,2,4H2,1H3,(H,18,20). The normalized spacial score (nSPS) is 20.1. The van der Waals surface area contributed by atoms with Crippen molar-refractivity contribution in [3.05, 3.63) is 35.5 Å². The largest absolute Gasteiger partial charge is 0.261 e. The smallest absolute Gasteiger partial charge is 0.151 e. The number of fused-ring (bicyclic) bond motifs is 2. The van der Waals surface area contributed by atoms with Crippen LogP contribution in [0.25, 0.3) is 11.0 Å². The third kappa shape index (κ3) is 2.03. The van der Waals surface area contributed by atoms with Gasteiger partial charge in [0.1, 0.15) is 11.0 Å². The van der Waals surface area contributed by atoms with Gasteiger partial charge in [-0.3, -0.25) is 5.10 Å². The van der Waals surface area contributed by atoms with Crippen LogP contribution in [0.3, 0.4) is 0 Å². The molecular formula is C16H14N6O. The lowest BCUT2D eigenvalue weighted by Gasteiger charge is -2.27. The summed E-state index contributed by atoms with van der Waals surface area (Å²) in [5, 5.41) is 24.7. The van der Waals surface area contributed by atoms with Crippen molar-refractivity contribution >= 4 is 22.6 Å². The van der Waals surface area contributed by atoms with Gasteiger partial charge in [0.25, 0.3) is 0 Å². The van der Waals surface area contributed by atoms with E-state index in [0.29, 0.717) is 11.0 Å². The number of aliphatic imine (C=N–C) groups is 1. The van der Waals surface area contributed by atoms with Gasteiger partial charge in [0.15, 0.2) is 5.82 Å². The zero-order valence-electron chi connectivity index (χ0n) is 12.5. The molecule has 0 spiro atoms. The highest BCUT2D eigenvalue weighted by molar-refractivity contribution is 5.95. The molecule has 0 fully saturated rings. The molecular weight excluding hydrogens is 292 g/mol. The van der Waals surface area contributed by atoms with Crippen LogP contribution >= 0.6 is 0 Å². The van der Waals surface area contributed by atoms with Crippen molar-refractivity contribution in [2.24, 2.45) is 10.9 Å². The topological polar surface area (TPSA) is 104 Å². The molecule has 1 aliphatic rings. The highest BCUT2D eigenvalue weighted by Gasteiger charge is 2.36. The summed E-state index contributed by atoms with van der Waals surface area (Å²) in [5.74, 6) is 0.198.